The molecule has 78 valence electrons. The van der Waals surface area contributed by atoms with Crippen LogP contribution >= 0.6 is 0 Å². The molecule has 0 aromatic heterocycles. The van der Waals surface area contributed by atoms with Crippen LogP contribution in [0.2, 0.25) is 0 Å². The number of hydrogen-bond acceptors (Lipinski definition) is 2. The number of rotatable bonds is 1. The summed E-state index contributed by atoms with van der Waals surface area (Å²) in [6.45, 7) is 9.44. The van der Waals surface area contributed by atoms with E-state index in [1.807, 2.05) is 0 Å². The lowest BCUT2D eigenvalue weighted by Crippen LogP contribution is -2.52. The SMILES string of the molecule is CN(C)C1CCCN(C(C)(C)C)C1. The molecule has 0 N–H and O–H groups in total. The maximum atomic E-state index is 2.60. The van der Waals surface area contributed by atoms with E-state index in [4.69, 9.17) is 0 Å². The van der Waals surface area contributed by atoms with Gasteiger partial charge in [0.2, 0.25) is 0 Å². The summed E-state index contributed by atoms with van der Waals surface area (Å²) in [6.07, 6.45) is 2.71. The summed E-state index contributed by atoms with van der Waals surface area (Å²) >= 11 is 0. The molecule has 1 fully saturated rings. The highest BCUT2D eigenvalue weighted by Gasteiger charge is 2.28. The van der Waals surface area contributed by atoms with E-state index in [0.717, 1.165) is 6.04 Å². The fourth-order valence-electron chi connectivity index (χ4n) is 1.99. The van der Waals surface area contributed by atoms with Crippen molar-refractivity contribution < 1.29 is 0 Å². The van der Waals surface area contributed by atoms with Gasteiger partial charge in [0.15, 0.2) is 0 Å². The second-order valence-corrected chi connectivity index (χ2v) is 5.38. The molecule has 1 heterocycles. The molecule has 2 nitrogen and oxygen atoms in total. The third-order valence-corrected chi connectivity index (χ3v) is 3.08. The first kappa shape index (κ1) is 11.0. The Morgan fingerprint density at radius 3 is 2.31 bits per heavy atom. The molecule has 1 saturated heterocycles. The van der Waals surface area contributed by atoms with Gasteiger partial charge in [0.1, 0.15) is 0 Å². The van der Waals surface area contributed by atoms with Crippen LogP contribution in [0.25, 0.3) is 0 Å². The van der Waals surface area contributed by atoms with Crippen LogP contribution in [-0.4, -0.2) is 48.6 Å². The fraction of sp³-hybridized carbons (Fsp3) is 1.00. The average Bonchev–Trinajstić information content (AvgIpc) is 2.03. The quantitative estimate of drug-likeness (QED) is 0.613. The molecule has 1 atom stereocenters. The normalized spacial score (nSPS) is 26.8. The van der Waals surface area contributed by atoms with Gasteiger partial charge >= 0.3 is 0 Å². The van der Waals surface area contributed by atoms with Crippen LogP contribution in [0.3, 0.4) is 0 Å². The van der Waals surface area contributed by atoms with Crippen molar-refractivity contribution >= 4 is 0 Å². The number of nitrogens with zero attached hydrogens (tertiary/aromatic N) is 2. The van der Waals surface area contributed by atoms with Crippen LogP contribution in [0.1, 0.15) is 33.6 Å². The predicted molar refractivity (Wildman–Crippen MR) is 58.0 cm³/mol. The van der Waals surface area contributed by atoms with E-state index in [1.54, 1.807) is 0 Å². The van der Waals surface area contributed by atoms with Crippen LogP contribution in [0.5, 0.6) is 0 Å². The maximum absolute atomic E-state index is 2.60. The summed E-state index contributed by atoms with van der Waals surface area (Å²) in [5.41, 5.74) is 0.342. The van der Waals surface area contributed by atoms with Gasteiger partial charge in [-0.25, -0.2) is 0 Å². The van der Waals surface area contributed by atoms with Crippen molar-refractivity contribution in [1.29, 1.82) is 0 Å². The van der Waals surface area contributed by atoms with Crippen molar-refractivity contribution in [3.63, 3.8) is 0 Å². The van der Waals surface area contributed by atoms with Crippen LogP contribution in [0, 0.1) is 0 Å². The van der Waals surface area contributed by atoms with Gasteiger partial charge < -0.3 is 4.90 Å². The van der Waals surface area contributed by atoms with Crippen molar-refractivity contribution in [2.45, 2.75) is 45.2 Å². The second-order valence-electron chi connectivity index (χ2n) is 5.38. The lowest BCUT2D eigenvalue weighted by atomic mass is 9.98. The average molecular weight is 184 g/mol. The minimum absolute atomic E-state index is 0.342. The van der Waals surface area contributed by atoms with E-state index in [0.29, 0.717) is 5.54 Å². The van der Waals surface area contributed by atoms with Gasteiger partial charge in [-0.1, -0.05) is 0 Å². The van der Waals surface area contributed by atoms with E-state index in [1.165, 1.54) is 25.9 Å². The Morgan fingerprint density at radius 1 is 1.23 bits per heavy atom. The van der Waals surface area contributed by atoms with Gasteiger partial charge in [0.05, 0.1) is 0 Å². The molecule has 1 aliphatic rings. The van der Waals surface area contributed by atoms with Crippen molar-refractivity contribution in [1.82, 2.24) is 9.80 Å². The molecule has 1 rings (SSSR count). The second kappa shape index (κ2) is 3.97. The number of hydrogen-bond donors (Lipinski definition) is 0. The van der Waals surface area contributed by atoms with Gasteiger partial charge in [-0.3, -0.25) is 4.90 Å². The molecule has 0 aromatic rings. The predicted octanol–water partition coefficient (Wildman–Crippen LogP) is 1.81. The summed E-state index contributed by atoms with van der Waals surface area (Å²) in [6, 6.07) is 0.757. The molecule has 0 amide bonds. The zero-order valence-electron chi connectivity index (χ0n) is 9.80. The van der Waals surface area contributed by atoms with E-state index >= 15 is 0 Å². The first-order valence-electron chi connectivity index (χ1n) is 5.33. The molecule has 0 aromatic carbocycles. The van der Waals surface area contributed by atoms with Gasteiger partial charge in [-0.2, -0.15) is 0 Å². The summed E-state index contributed by atoms with van der Waals surface area (Å²) < 4.78 is 0. The minimum atomic E-state index is 0.342. The summed E-state index contributed by atoms with van der Waals surface area (Å²) in [5, 5.41) is 0. The molecule has 0 spiro atoms. The standard InChI is InChI=1S/C11H24N2/c1-11(2,3)13-8-6-7-10(9-13)12(4)5/h10H,6-9H2,1-5H3. The molecule has 0 aliphatic carbocycles. The van der Waals surface area contributed by atoms with E-state index < -0.39 is 0 Å². The van der Waals surface area contributed by atoms with E-state index in [2.05, 4.69) is 44.7 Å². The number of likely N-dealkylation sites (tertiary alicyclic amines) is 1. The first-order valence-corrected chi connectivity index (χ1v) is 5.33. The lowest BCUT2D eigenvalue weighted by Gasteiger charge is -2.43. The third kappa shape index (κ3) is 2.96. The fourth-order valence-corrected chi connectivity index (χ4v) is 1.99. The van der Waals surface area contributed by atoms with E-state index in [9.17, 15) is 0 Å². The molecular weight excluding hydrogens is 160 g/mol. The first-order chi connectivity index (χ1) is 5.91. The van der Waals surface area contributed by atoms with Gasteiger partial charge in [-0.05, 0) is 54.3 Å². The molecule has 0 saturated carbocycles. The van der Waals surface area contributed by atoms with E-state index in [-0.39, 0.29) is 0 Å². The zero-order valence-corrected chi connectivity index (χ0v) is 9.80. The van der Waals surface area contributed by atoms with Gasteiger partial charge in [-0.15, -0.1) is 0 Å². The highest BCUT2D eigenvalue weighted by Crippen LogP contribution is 2.21. The third-order valence-electron chi connectivity index (χ3n) is 3.08. The van der Waals surface area contributed by atoms with Gasteiger partial charge in [0.25, 0.3) is 0 Å². The summed E-state index contributed by atoms with van der Waals surface area (Å²) in [4.78, 5) is 4.96. The smallest absolute Gasteiger partial charge is 0.0217 e. The lowest BCUT2D eigenvalue weighted by molar-refractivity contribution is 0.0616. The topological polar surface area (TPSA) is 6.48 Å². The van der Waals surface area contributed by atoms with Crippen LogP contribution < -0.4 is 0 Å². The zero-order chi connectivity index (χ0) is 10.1. The van der Waals surface area contributed by atoms with Crippen LogP contribution in [0.4, 0.5) is 0 Å². The van der Waals surface area contributed by atoms with Crippen LogP contribution in [0.15, 0.2) is 0 Å². The number of piperidine rings is 1. The van der Waals surface area contributed by atoms with Crippen molar-refractivity contribution in [2.24, 2.45) is 0 Å². The Bertz CT molecular complexity index is 158. The molecule has 1 unspecified atom stereocenters. The monoisotopic (exact) mass is 184 g/mol. The molecule has 13 heavy (non-hydrogen) atoms. The Morgan fingerprint density at radius 2 is 1.85 bits per heavy atom. The Kier molecular flexibility index (Phi) is 3.36. The summed E-state index contributed by atoms with van der Waals surface area (Å²) in [5.74, 6) is 0. The van der Waals surface area contributed by atoms with Crippen molar-refractivity contribution in [2.75, 3.05) is 27.2 Å². The maximum Gasteiger partial charge on any atom is 0.0217 e. The highest BCUT2D eigenvalue weighted by molar-refractivity contribution is 4.85. The Labute approximate surface area is 82.9 Å². The van der Waals surface area contributed by atoms with Crippen molar-refractivity contribution in [3.05, 3.63) is 0 Å². The van der Waals surface area contributed by atoms with Crippen molar-refractivity contribution in [3.8, 4) is 0 Å². The Balaban J connectivity index is 2.52. The largest absolute Gasteiger partial charge is 0.305 e. The highest BCUT2D eigenvalue weighted by atomic mass is 15.2. The summed E-state index contributed by atoms with van der Waals surface area (Å²) in [7, 11) is 4.38. The molecule has 1 aliphatic heterocycles. The Hall–Kier alpha value is -0.0800. The minimum Gasteiger partial charge on any atom is -0.305 e. The van der Waals surface area contributed by atoms with Gasteiger partial charge in [0, 0.05) is 18.1 Å². The van der Waals surface area contributed by atoms with Crippen LogP contribution in [-0.2, 0) is 0 Å². The molecule has 0 bridgehead atoms. The number of likely N-dealkylation sites (N-methyl/N-ethyl adjacent to an activating group) is 1. The molecule has 2 heteroatoms. The molecular formula is C11H24N2. The molecule has 0 radical (unpaired) electrons.